The average Bonchev–Trinajstić information content (AvgIpc) is 2.30. The zero-order valence-corrected chi connectivity index (χ0v) is 9.18. The van der Waals surface area contributed by atoms with E-state index in [1.165, 1.54) is 0 Å². The molecule has 0 amide bonds. The highest BCUT2D eigenvalue weighted by Gasteiger charge is 1.99. The molecule has 0 bridgehead atoms. The van der Waals surface area contributed by atoms with Gasteiger partial charge in [-0.1, -0.05) is 6.07 Å². The third-order valence-corrected chi connectivity index (χ3v) is 2.23. The summed E-state index contributed by atoms with van der Waals surface area (Å²) >= 11 is 0. The Morgan fingerprint density at radius 3 is 2.50 bits per heavy atom. The maximum Gasteiger partial charge on any atom is 0.124 e. The minimum Gasteiger partial charge on any atom is -0.494 e. The van der Waals surface area contributed by atoms with Gasteiger partial charge >= 0.3 is 0 Å². The molecule has 1 aromatic heterocycles. The predicted molar refractivity (Wildman–Crippen MR) is 65.3 cm³/mol. The molecule has 1 aromatic carbocycles. The maximum absolute atomic E-state index is 5.64. The standard InChI is InChI=1S/C13H14N2O/c1-2-16-11-8-6-10(7-9-11)12-4-3-5-13(14)15-12/h3-9H,2H2,1H3,(H2,14,15). The van der Waals surface area contributed by atoms with Crippen LogP contribution in [0.25, 0.3) is 11.3 Å². The first-order valence-electron chi connectivity index (χ1n) is 5.25. The van der Waals surface area contributed by atoms with E-state index in [0.29, 0.717) is 12.4 Å². The molecule has 0 unspecified atom stereocenters. The summed E-state index contributed by atoms with van der Waals surface area (Å²) in [6.45, 7) is 2.64. The van der Waals surface area contributed by atoms with Crippen LogP contribution in [0.3, 0.4) is 0 Å². The Bertz CT molecular complexity index is 466. The third-order valence-electron chi connectivity index (χ3n) is 2.23. The minimum absolute atomic E-state index is 0.534. The highest BCUT2D eigenvalue weighted by atomic mass is 16.5. The summed E-state index contributed by atoms with van der Waals surface area (Å²) in [7, 11) is 0. The van der Waals surface area contributed by atoms with Crippen molar-refractivity contribution in [2.24, 2.45) is 0 Å². The topological polar surface area (TPSA) is 48.1 Å². The first-order chi connectivity index (χ1) is 7.79. The summed E-state index contributed by atoms with van der Waals surface area (Å²) in [4.78, 5) is 4.26. The Balaban J connectivity index is 2.27. The van der Waals surface area contributed by atoms with Gasteiger partial charge in [-0.3, -0.25) is 0 Å². The minimum atomic E-state index is 0.534. The van der Waals surface area contributed by atoms with Gasteiger partial charge in [-0.15, -0.1) is 0 Å². The molecule has 1 heterocycles. The van der Waals surface area contributed by atoms with E-state index < -0.39 is 0 Å². The van der Waals surface area contributed by atoms with Crippen molar-refractivity contribution in [3.63, 3.8) is 0 Å². The summed E-state index contributed by atoms with van der Waals surface area (Å²) in [6, 6.07) is 13.4. The smallest absolute Gasteiger partial charge is 0.124 e. The zero-order valence-electron chi connectivity index (χ0n) is 9.18. The van der Waals surface area contributed by atoms with Gasteiger partial charge in [-0.2, -0.15) is 0 Å². The highest BCUT2D eigenvalue weighted by molar-refractivity contribution is 5.61. The molecule has 0 saturated heterocycles. The van der Waals surface area contributed by atoms with E-state index in [2.05, 4.69) is 4.98 Å². The van der Waals surface area contributed by atoms with E-state index in [9.17, 15) is 0 Å². The van der Waals surface area contributed by atoms with Crippen molar-refractivity contribution in [1.29, 1.82) is 0 Å². The van der Waals surface area contributed by atoms with E-state index in [-0.39, 0.29) is 0 Å². The highest BCUT2D eigenvalue weighted by Crippen LogP contribution is 2.21. The Hall–Kier alpha value is -2.03. The summed E-state index contributed by atoms with van der Waals surface area (Å²) in [5.41, 5.74) is 7.55. The van der Waals surface area contributed by atoms with Crippen LogP contribution in [0, 0.1) is 0 Å². The van der Waals surface area contributed by atoms with Crippen molar-refractivity contribution >= 4 is 5.82 Å². The quantitative estimate of drug-likeness (QED) is 0.854. The number of ether oxygens (including phenoxy) is 1. The third kappa shape index (κ3) is 2.31. The number of hydrogen-bond donors (Lipinski definition) is 1. The first kappa shape index (κ1) is 10.5. The molecule has 0 atom stereocenters. The number of aromatic nitrogens is 1. The Morgan fingerprint density at radius 1 is 1.12 bits per heavy atom. The van der Waals surface area contributed by atoms with Gasteiger partial charge in [0, 0.05) is 5.56 Å². The van der Waals surface area contributed by atoms with Crippen LogP contribution in [-0.2, 0) is 0 Å². The van der Waals surface area contributed by atoms with Gasteiger partial charge in [0.2, 0.25) is 0 Å². The van der Waals surface area contributed by atoms with Gasteiger partial charge in [0.15, 0.2) is 0 Å². The summed E-state index contributed by atoms with van der Waals surface area (Å²) < 4.78 is 5.38. The molecule has 2 aromatic rings. The van der Waals surface area contributed by atoms with E-state index in [1.807, 2.05) is 43.3 Å². The van der Waals surface area contributed by atoms with E-state index in [4.69, 9.17) is 10.5 Å². The van der Waals surface area contributed by atoms with Crippen LogP contribution in [0.4, 0.5) is 5.82 Å². The molecule has 0 aliphatic rings. The number of nitrogens with zero attached hydrogens (tertiary/aromatic N) is 1. The van der Waals surface area contributed by atoms with Crippen LogP contribution in [0.5, 0.6) is 5.75 Å². The van der Waals surface area contributed by atoms with Gasteiger partial charge in [-0.05, 0) is 43.3 Å². The van der Waals surface area contributed by atoms with Crippen LogP contribution in [0.15, 0.2) is 42.5 Å². The molecule has 0 saturated carbocycles. The van der Waals surface area contributed by atoms with Crippen LogP contribution < -0.4 is 10.5 Å². The Morgan fingerprint density at radius 2 is 1.88 bits per heavy atom. The number of pyridine rings is 1. The van der Waals surface area contributed by atoms with Gasteiger partial charge < -0.3 is 10.5 Å². The molecule has 0 radical (unpaired) electrons. The molecule has 0 spiro atoms. The van der Waals surface area contributed by atoms with Crippen molar-refractivity contribution in [3.8, 4) is 17.0 Å². The molecular weight excluding hydrogens is 200 g/mol. The lowest BCUT2D eigenvalue weighted by Crippen LogP contribution is -1.92. The molecule has 2 N–H and O–H groups in total. The maximum atomic E-state index is 5.64. The number of nitrogens with two attached hydrogens (primary N) is 1. The zero-order chi connectivity index (χ0) is 11.4. The largest absolute Gasteiger partial charge is 0.494 e. The Kier molecular flexibility index (Phi) is 3.05. The van der Waals surface area contributed by atoms with Crippen molar-refractivity contribution in [3.05, 3.63) is 42.5 Å². The monoisotopic (exact) mass is 214 g/mol. The summed E-state index contributed by atoms with van der Waals surface area (Å²) in [5, 5.41) is 0. The molecule has 82 valence electrons. The second-order valence-electron chi connectivity index (χ2n) is 3.41. The second-order valence-corrected chi connectivity index (χ2v) is 3.41. The van der Waals surface area contributed by atoms with Crippen LogP contribution in [-0.4, -0.2) is 11.6 Å². The lowest BCUT2D eigenvalue weighted by molar-refractivity contribution is 0.340. The Labute approximate surface area is 94.9 Å². The molecule has 0 aliphatic heterocycles. The van der Waals surface area contributed by atoms with Gasteiger partial charge in [0.05, 0.1) is 12.3 Å². The SMILES string of the molecule is CCOc1ccc(-c2cccc(N)n2)cc1. The van der Waals surface area contributed by atoms with E-state index in [0.717, 1.165) is 17.0 Å². The van der Waals surface area contributed by atoms with Crippen LogP contribution >= 0.6 is 0 Å². The fourth-order valence-corrected chi connectivity index (χ4v) is 1.50. The average molecular weight is 214 g/mol. The van der Waals surface area contributed by atoms with Crippen molar-refractivity contribution in [1.82, 2.24) is 4.98 Å². The van der Waals surface area contributed by atoms with Crippen molar-refractivity contribution in [2.75, 3.05) is 12.3 Å². The number of hydrogen-bond acceptors (Lipinski definition) is 3. The summed E-state index contributed by atoms with van der Waals surface area (Å²) in [6.07, 6.45) is 0. The number of benzene rings is 1. The van der Waals surface area contributed by atoms with Gasteiger partial charge in [0.25, 0.3) is 0 Å². The fraction of sp³-hybridized carbons (Fsp3) is 0.154. The van der Waals surface area contributed by atoms with Gasteiger partial charge in [-0.25, -0.2) is 4.98 Å². The van der Waals surface area contributed by atoms with Gasteiger partial charge in [0.1, 0.15) is 11.6 Å². The summed E-state index contributed by atoms with van der Waals surface area (Å²) in [5.74, 6) is 1.40. The molecule has 3 heteroatoms. The number of anilines is 1. The number of nitrogen functional groups attached to an aromatic ring is 1. The lowest BCUT2D eigenvalue weighted by Gasteiger charge is -2.05. The van der Waals surface area contributed by atoms with Crippen molar-refractivity contribution < 1.29 is 4.74 Å². The second kappa shape index (κ2) is 4.66. The molecule has 0 aliphatic carbocycles. The van der Waals surface area contributed by atoms with E-state index in [1.54, 1.807) is 6.07 Å². The number of rotatable bonds is 3. The normalized spacial score (nSPS) is 10.1. The fourth-order valence-electron chi connectivity index (χ4n) is 1.50. The molecule has 3 nitrogen and oxygen atoms in total. The lowest BCUT2D eigenvalue weighted by atomic mass is 10.1. The van der Waals surface area contributed by atoms with Crippen molar-refractivity contribution in [2.45, 2.75) is 6.92 Å². The predicted octanol–water partition coefficient (Wildman–Crippen LogP) is 2.73. The first-order valence-corrected chi connectivity index (χ1v) is 5.25. The molecule has 16 heavy (non-hydrogen) atoms. The van der Waals surface area contributed by atoms with Crippen LogP contribution in [0.1, 0.15) is 6.92 Å². The molecule has 0 fully saturated rings. The molecular formula is C13H14N2O. The van der Waals surface area contributed by atoms with E-state index >= 15 is 0 Å². The molecule has 2 rings (SSSR count). The van der Waals surface area contributed by atoms with Crippen LogP contribution in [0.2, 0.25) is 0 Å².